The number of halogens is 1. The summed E-state index contributed by atoms with van der Waals surface area (Å²) in [5.74, 6) is 0.122. The molecular weight excluding hydrogens is 504 g/mol. The highest BCUT2D eigenvalue weighted by atomic mass is 79.9. The molecular formula is C29H21BrN2O3. The van der Waals surface area contributed by atoms with Crippen molar-refractivity contribution in [1.29, 1.82) is 0 Å². The fourth-order valence-corrected chi connectivity index (χ4v) is 5.60. The molecule has 0 saturated carbocycles. The normalized spacial score (nSPS) is 19.2. The van der Waals surface area contributed by atoms with Crippen molar-refractivity contribution in [2.24, 2.45) is 0 Å². The smallest absolute Gasteiger partial charge is 0.264 e. The second-order valence-corrected chi connectivity index (χ2v) is 9.63. The highest BCUT2D eigenvalue weighted by Crippen LogP contribution is 2.51. The lowest BCUT2D eigenvalue weighted by Gasteiger charge is -2.35. The number of nitrogens with one attached hydrogen (secondary N) is 1. The largest absolute Gasteiger partial charge is 0.478 e. The number of aromatic nitrogens is 1. The summed E-state index contributed by atoms with van der Waals surface area (Å²) in [6.45, 7) is 0. The van der Waals surface area contributed by atoms with Crippen LogP contribution in [-0.2, 0) is 0 Å². The number of rotatable bonds is 4. The van der Waals surface area contributed by atoms with Crippen LogP contribution in [0, 0.1) is 10.1 Å². The molecule has 4 aromatic carbocycles. The van der Waals surface area contributed by atoms with Crippen LogP contribution in [0.4, 0.5) is 0 Å². The quantitative estimate of drug-likeness (QED) is 0.195. The van der Waals surface area contributed by atoms with Crippen LogP contribution in [0.25, 0.3) is 22.2 Å². The number of nitrogens with zero attached hydrogens (tertiary/aromatic N) is 1. The molecule has 2 heterocycles. The minimum absolute atomic E-state index is 0.178. The summed E-state index contributed by atoms with van der Waals surface area (Å²) in [5.41, 5.74) is 5.33. The van der Waals surface area contributed by atoms with Crippen molar-refractivity contribution >= 4 is 26.8 Å². The van der Waals surface area contributed by atoms with Crippen molar-refractivity contribution in [3.8, 4) is 17.0 Å². The molecule has 0 fully saturated rings. The number of hydrogen-bond donors (Lipinski definition) is 1. The van der Waals surface area contributed by atoms with E-state index >= 15 is 0 Å². The molecule has 0 radical (unpaired) electrons. The SMILES string of the molecule is O=[N+]([O-])[C@H]1[C@H](c2c(-c3ccccc3)[nH]c3ccccc23)c2cc(Br)ccc2O[C@H]1c1ccccc1. The van der Waals surface area contributed by atoms with E-state index in [0.717, 1.165) is 43.3 Å². The predicted octanol–water partition coefficient (Wildman–Crippen LogP) is 7.51. The molecule has 5 nitrogen and oxygen atoms in total. The number of H-pyrrole nitrogens is 1. The molecule has 0 saturated heterocycles. The molecule has 6 heteroatoms. The van der Waals surface area contributed by atoms with Crippen molar-refractivity contribution in [1.82, 2.24) is 4.98 Å². The number of fused-ring (bicyclic) bond motifs is 2. The topological polar surface area (TPSA) is 68.2 Å². The molecule has 6 rings (SSSR count). The summed E-state index contributed by atoms with van der Waals surface area (Å²) in [7, 11) is 0. The fraction of sp³-hybridized carbons (Fsp3) is 0.103. The molecule has 1 aliphatic rings. The maximum absolute atomic E-state index is 12.8. The van der Waals surface area contributed by atoms with Gasteiger partial charge in [0.05, 0.1) is 11.6 Å². The third-order valence-electron chi connectivity index (χ3n) is 6.70. The number of aromatic amines is 1. The van der Waals surface area contributed by atoms with Gasteiger partial charge in [0.15, 0.2) is 6.10 Å². The van der Waals surface area contributed by atoms with Gasteiger partial charge in [0.1, 0.15) is 5.75 Å². The summed E-state index contributed by atoms with van der Waals surface area (Å²) < 4.78 is 7.21. The zero-order valence-electron chi connectivity index (χ0n) is 18.6. The van der Waals surface area contributed by atoms with E-state index in [1.807, 2.05) is 103 Å². The van der Waals surface area contributed by atoms with Gasteiger partial charge in [0.25, 0.3) is 6.04 Å². The Morgan fingerprint density at radius 3 is 2.29 bits per heavy atom. The molecule has 0 aliphatic carbocycles. The minimum Gasteiger partial charge on any atom is -0.478 e. The molecule has 0 amide bonds. The molecule has 5 aromatic rings. The molecule has 1 aliphatic heterocycles. The van der Waals surface area contributed by atoms with Crippen LogP contribution in [-0.4, -0.2) is 15.9 Å². The fourth-order valence-electron chi connectivity index (χ4n) is 5.22. The van der Waals surface area contributed by atoms with E-state index < -0.39 is 18.1 Å². The highest BCUT2D eigenvalue weighted by molar-refractivity contribution is 9.10. The Balaban J connectivity index is 1.68. The third kappa shape index (κ3) is 3.70. The van der Waals surface area contributed by atoms with Crippen molar-refractivity contribution in [3.63, 3.8) is 0 Å². The molecule has 1 N–H and O–H groups in total. The lowest BCUT2D eigenvalue weighted by Crippen LogP contribution is -2.40. The third-order valence-corrected chi connectivity index (χ3v) is 7.20. The molecule has 0 spiro atoms. The first-order chi connectivity index (χ1) is 17.1. The van der Waals surface area contributed by atoms with Gasteiger partial charge >= 0.3 is 0 Å². The lowest BCUT2D eigenvalue weighted by atomic mass is 9.77. The Labute approximate surface area is 210 Å². The van der Waals surface area contributed by atoms with Crippen molar-refractivity contribution < 1.29 is 9.66 Å². The standard InChI is InChI=1S/C29H21BrN2O3/c30-20-15-16-24-22(17-20)26(28(32(33)34)29(35-24)19-11-5-2-6-12-19)25-21-13-7-8-14-23(21)31-27(25)18-9-3-1-4-10-18/h1-17,26,28-29,31H/t26-,28-,29-/m0/s1. The van der Waals surface area contributed by atoms with Crippen molar-refractivity contribution in [2.75, 3.05) is 0 Å². The van der Waals surface area contributed by atoms with Crippen LogP contribution < -0.4 is 4.74 Å². The van der Waals surface area contributed by atoms with E-state index in [-0.39, 0.29) is 4.92 Å². The van der Waals surface area contributed by atoms with Crippen LogP contribution in [0.15, 0.2) is 108 Å². The van der Waals surface area contributed by atoms with Crippen LogP contribution in [0.2, 0.25) is 0 Å². The van der Waals surface area contributed by atoms with Crippen LogP contribution in [0.3, 0.4) is 0 Å². The summed E-state index contributed by atoms with van der Waals surface area (Å²) in [6.07, 6.45) is -0.734. The first-order valence-corrected chi connectivity index (χ1v) is 12.2. The van der Waals surface area contributed by atoms with Crippen molar-refractivity contribution in [2.45, 2.75) is 18.1 Å². The maximum Gasteiger partial charge on any atom is 0.264 e. The second kappa shape index (κ2) is 8.71. The molecule has 172 valence electrons. The second-order valence-electron chi connectivity index (χ2n) is 8.71. The Morgan fingerprint density at radius 2 is 1.54 bits per heavy atom. The van der Waals surface area contributed by atoms with E-state index in [4.69, 9.17) is 4.74 Å². The number of benzene rings is 4. The molecule has 0 bridgehead atoms. The summed E-state index contributed by atoms with van der Waals surface area (Å²) >= 11 is 3.58. The summed E-state index contributed by atoms with van der Waals surface area (Å²) in [5, 5.41) is 13.8. The zero-order chi connectivity index (χ0) is 23.9. The van der Waals surface area contributed by atoms with Gasteiger partial charge in [0.2, 0.25) is 0 Å². The average molecular weight is 525 g/mol. The minimum atomic E-state index is -1.03. The van der Waals surface area contributed by atoms with Gasteiger partial charge < -0.3 is 9.72 Å². The summed E-state index contributed by atoms with van der Waals surface area (Å²) in [4.78, 5) is 16.2. The number of ether oxygens (including phenoxy) is 1. The number of nitro groups is 1. The van der Waals surface area contributed by atoms with E-state index in [0.29, 0.717) is 5.75 Å². The van der Waals surface area contributed by atoms with E-state index in [9.17, 15) is 10.1 Å². The zero-order valence-corrected chi connectivity index (χ0v) is 20.2. The van der Waals surface area contributed by atoms with Gasteiger partial charge in [-0.25, -0.2) is 0 Å². The first-order valence-electron chi connectivity index (χ1n) is 11.4. The Hall–Kier alpha value is -3.90. The van der Waals surface area contributed by atoms with Gasteiger partial charge in [0, 0.05) is 31.4 Å². The Kier molecular flexibility index (Phi) is 5.38. The average Bonchev–Trinajstić information content (AvgIpc) is 3.28. The Morgan fingerprint density at radius 1 is 0.857 bits per heavy atom. The lowest BCUT2D eigenvalue weighted by molar-refractivity contribution is -0.538. The highest BCUT2D eigenvalue weighted by Gasteiger charge is 2.49. The van der Waals surface area contributed by atoms with E-state index in [2.05, 4.69) is 20.9 Å². The Bertz CT molecular complexity index is 1530. The number of hydrogen-bond acceptors (Lipinski definition) is 3. The summed E-state index contributed by atoms with van der Waals surface area (Å²) in [6, 6.07) is 32.2. The van der Waals surface area contributed by atoms with Gasteiger partial charge in [-0.2, -0.15) is 0 Å². The molecule has 35 heavy (non-hydrogen) atoms. The molecule has 0 unspecified atom stereocenters. The first kappa shape index (κ1) is 21.6. The van der Waals surface area contributed by atoms with E-state index in [1.165, 1.54) is 0 Å². The monoisotopic (exact) mass is 524 g/mol. The van der Waals surface area contributed by atoms with Crippen LogP contribution in [0.1, 0.15) is 28.7 Å². The predicted molar refractivity (Wildman–Crippen MR) is 140 cm³/mol. The van der Waals surface area contributed by atoms with Gasteiger partial charge in [-0.1, -0.05) is 94.8 Å². The maximum atomic E-state index is 12.8. The molecule has 1 aromatic heterocycles. The van der Waals surface area contributed by atoms with Gasteiger partial charge in [-0.3, -0.25) is 10.1 Å². The van der Waals surface area contributed by atoms with Crippen LogP contribution >= 0.6 is 15.9 Å². The van der Waals surface area contributed by atoms with Crippen LogP contribution in [0.5, 0.6) is 5.75 Å². The van der Waals surface area contributed by atoms with E-state index in [1.54, 1.807) is 0 Å². The number of para-hydroxylation sites is 1. The van der Waals surface area contributed by atoms with Gasteiger partial charge in [-0.05, 0) is 35.4 Å². The van der Waals surface area contributed by atoms with Gasteiger partial charge in [-0.15, -0.1) is 0 Å². The van der Waals surface area contributed by atoms with Crippen molar-refractivity contribution in [3.05, 3.63) is 134 Å². The molecule has 3 atom stereocenters.